The van der Waals surface area contributed by atoms with Crippen LogP contribution < -0.4 is 0 Å². The van der Waals surface area contributed by atoms with Crippen LogP contribution in [0.1, 0.15) is 32.1 Å². The summed E-state index contributed by atoms with van der Waals surface area (Å²) in [6, 6.07) is 10.2. The molecule has 2 aromatic heterocycles. The number of rotatable bonds is 2. The third-order valence-corrected chi connectivity index (χ3v) is 5.35. The molecule has 0 saturated carbocycles. The second kappa shape index (κ2) is 4.32. The lowest BCUT2D eigenvalue weighted by Gasteiger charge is -1.96. The summed E-state index contributed by atoms with van der Waals surface area (Å²) in [4.78, 5) is 15.1. The van der Waals surface area contributed by atoms with Crippen LogP contribution in [0.25, 0.3) is 10.9 Å². The number of benzene rings is 1. The average molecular weight is 281 g/mol. The van der Waals surface area contributed by atoms with Gasteiger partial charge in [-0.2, -0.15) is 0 Å². The number of hydrogen-bond donors (Lipinski definition) is 0. The molecular formula is C17H15NOS. The number of thiophene rings is 1. The minimum absolute atomic E-state index is 0.168. The van der Waals surface area contributed by atoms with Gasteiger partial charge < -0.3 is 4.57 Å². The van der Waals surface area contributed by atoms with Gasteiger partial charge in [-0.25, -0.2) is 0 Å². The summed E-state index contributed by atoms with van der Waals surface area (Å²) in [6.07, 6.45) is 5.47. The maximum absolute atomic E-state index is 12.8. The van der Waals surface area contributed by atoms with Crippen molar-refractivity contribution in [3.8, 4) is 0 Å². The zero-order chi connectivity index (χ0) is 13.7. The molecule has 1 aliphatic carbocycles. The highest BCUT2D eigenvalue weighted by molar-refractivity contribution is 7.14. The van der Waals surface area contributed by atoms with Gasteiger partial charge in [0.1, 0.15) is 0 Å². The van der Waals surface area contributed by atoms with E-state index in [1.807, 2.05) is 36.0 Å². The van der Waals surface area contributed by atoms with Crippen molar-refractivity contribution in [3.63, 3.8) is 0 Å². The molecule has 1 aliphatic rings. The molecule has 2 nitrogen and oxygen atoms in total. The van der Waals surface area contributed by atoms with Crippen LogP contribution in [0.3, 0.4) is 0 Å². The van der Waals surface area contributed by atoms with Crippen LogP contribution in [-0.2, 0) is 19.9 Å². The number of fused-ring (bicyclic) bond motifs is 2. The number of aromatic nitrogens is 1. The standard InChI is InChI=1S/C17H15NOS/c1-18-10-13(12-6-2-3-7-14(12)18)17(19)16-9-11-5-4-8-15(11)20-16/h2-3,6-7,9-10H,4-5,8H2,1H3. The fraction of sp³-hybridized carbons (Fsp3) is 0.235. The fourth-order valence-electron chi connectivity index (χ4n) is 3.10. The van der Waals surface area contributed by atoms with Crippen LogP contribution in [0, 0.1) is 0 Å². The fourth-order valence-corrected chi connectivity index (χ4v) is 4.30. The zero-order valence-electron chi connectivity index (χ0n) is 11.3. The van der Waals surface area contributed by atoms with E-state index in [2.05, 4.69) is 12.1 Å². The second-order valence-electron chi connectivity index (χ2n) is 5.41. The lowest BCUT2D eigenvalue weighted by molar-refractivity contribution is 0.104. The number of hydrogen-bond acceptors (Lipinski definition) is 2. The number of carbonyl (C=O) groups is 1. The van der Waals surface area contributed by atoms with Crippen molar-refractivity contribution in [3.05, 3.63) is 57.4 Å². The Morgan fingerprint density at radius 1 is 1.25 bits per heavy atom. The molecule has 0 radical (unpaired) electrons. The number of para-hydroxylation sites is 1. The van der Waals surface area contributed by atoms with Crippen LogP contribution in [0.2, 0.25) is 0 Å². The third-order valence-electron chi connectivity index (χ3n) is 4.11. The van der Waals surface area contributed by atoms with Crippen molar-refractivity contribution in [2.45, 2.75) is 19.3 Å². The first kappa shape index (κ1) is 11.9. The van der Waals surface area contributed by atoms with Gasteiger partial charge in [0, 0.05) is 34.6 Å². The third kappa shape index (κ3) is 1.66. The van der Waals surface area contributed by atoms with Gasteiger partial charge in [0.15, 0.2) is 0 Å². The Hall–Kier alpha value is -1.87. The number of aryl methyl sites for hydroxylation is 3. The Morgan fingerprint density at radius 3 is 2.95 bits per heavy atom. The maximum atomic E-state index is 12.8. The van der Waals surface area contributed by atoms with E-state index in [1.54, 1.807) is 11.3 Å². The molecule has 0 amide bonds. The normalized spacial score (nSPS) is 13.8. The van der Waals surface area contributed by atoms with Crippen LogP contribution in [-0.4, -0.2) is 10.4 Å². The summed E-state index contributed by atoms with van der Waals surface area (Å²) < 4.78 is 2.03. The molecule has 0 saturated heterocycles. The highest BCUT2D eigenvalue weighted by Gasteiger charge is 2.21. The Kier molecular flexibility index (Phi) is 2.57. The van der Waals surface area contributed by atoms with Gasteiger partial charge in [0.05, 0.1) is 4.88 Å². The highest BCUT2D eigenvalue weighted by Crippen LogP contribution is 2.33. The van der Waals surface area contributed by atoms with Gasteiger partial charge in [-0.1, -0.05) is 18.2 Å². The number of ketones is 1. The summed E-state index contributed by atoms with van der Waals surface area (Å²) in [5.41, 5.74) is 3.32. The van der Waals surface area contributed by atoms with Gasteiger partial charge in [0.25, 0.3) is 0 Å². The molecule has 0 bridgehead atoms. The molecule has 0 atom stereocenters. The molecular weight excluding hydrogens is 266 g/mol. The number of nitrogens with zero attached hydrogens (tertiary/aromatic N) is 1. The predicted molar refractivity (Wildman–Crippen MR) is 82.7 cm³/mol. The lowest BCUT2D eigenvalue weighted by atomic mass is 10.1. The Labute approximate surface area is 121 Å². The van der Waals surface area contributed by atoms with Crippen LogP contribution in [0.4, 0.5) is 0 Å². The van der Waals surface area contributed by atoms with E-state index in [0.29, 0.717) is 0 Å². The van der Waals surface area contributed by atoms with E-state index < -0.39 is 0 Å². The molecule has 0 fully saturated rings. The van der Waals surface area contributed by atoms with E-state index >= 15 is 0 Å². The van der Waals surface area contributed by atoms with Crippen molar-refractivity contribution >= 4 is 28.0 Å². The molecule has 0 unspecified atom stereocenters. The smallest absolute Gasteiger partial charge is 0.205 e. The molecule has 4 rings (SSSR count). The molecule has 1 aromatic carbocycles. The van der Waals surface area contributed by atoms with Gasteiger partial charge in [-0.15, -0.1) is 11.3 Å². The summed E-state index contributed by atoms with van der Waals surface area (Å²) in [7, 11) is 1.99. The van der Waals surface area contributed by atoms with Crippen molar-refractivity contribution < 1.29 is 4.79 Å². The van der Waals surface area contributed by atoms with Crippen molar-refractivity contribution in [1.29, 1.82) is 0 Å². The molecule has 0 aliphatic heterocycles. The van der Waals surface area contributed by atoms with E-state index in [0.717, 1.165) is 34.2 Å². The second-order valence-corrected chi connectivity index (χ2v) is 6.55. The molecule has 20 heavy (non-hydrogen) atoms. The first-order valence-electron chi connectivity index (χ1n) is 6.94. The first-order valence-corrected chi connectivity index (χ1v) is 7.76. The molecule has 100 valence electrons. The Balaban J connectivity index is 1.84. The lowest BCUT2D eigenvalue weighted by Crippen LogP contribution is -1.97. The molecule has 2 heterocycles. The van der Waals surface area contributed by atoms with Crippen LogP contribution in [0.5, 0.6) is 0 Å². The first-order chi connectivity index (χ1) is 9.74. The minimum atomic E-state index is 0.168. The monoisotopic (exact) mass is 281 g/mol. The summed E-state index contributed by atoms with van der Waals surface area (Å²) in [5, 5.41) is 1.05. The van der Waals surface area contributed by atoms with E-state index in [9.17, 15) is 4.79 Å². The number of carbonyl (C=O) groups excluding carboxylic acids is 1. The summed E-state index contributed by atoms with van der Waals surface area (Å²) >= 11 is 1.68. The molecule has 3 heteroatoms. The Morgan fingerprint density at radius 2 is 2.10 bits per heavy atom. The van der Waals surface area contributed by atoms with Crippen molar-refractivity contribution in [1.82, 2.24) is 4.57 Å². The summed E-state index contributed by atoms with van der Waals surface area (Å²) in [6.45, 7) is 0. The van der Waals surface area contributed by atoms with Gasteiger partial charge in [0.2, 0.25) is 5.78 Å². The van der Waals surface area contributed by atoms with Gasteiger partial charge in [-0.05, 0) is 37.0 Å². The van der Waals surface area contributed by atoms with Crippen molar-refractivity contribution in [2.75, 3.05) is 0 Å². The maximum Gasteiger partial charge on any atom is 0.205 e. The van der Waals surface area contributed by atoms with E-state index in [-0.39, 0.29) is 5.78 Å². The summed E-state index contributed by atoms with van der Waals surface area (Å²) in [5.74, 6) is 0.168. The van der Waals surface area contributed by atoms with E-state index in [1.165, 1.54) is 16.9 Å². The zero-order valence-corrected chi connectivity index (χ0v) is 12.2. The Bertz CT molecular complexity index is 803. The van der Waals surface area contributed by atoms with Gasteiger partial charge >= 0.3 is 0 Å². The van der Waals surface area contributed by atoms with Gasteiger partial charge in [-0.3, -0.25) is 4.79 Å². The molecule has 0 N–H and O–H groups in total. The van der Waals surface area contributed by atoms with E-state index in [4.69, 9.17) is 0 Å². The topological polar surface area (TPSA) is 22.0 Å². The largest absolute Gasteiger partial charge is 0.350 e. The highest BCUT2D eigenvalue weighted by atomic mass is 32.1. The SMILES string of the molecule is Cn1cc(C(=O)c2cc3c(s2)CCC3)c2ccccc21. The van der Waals surface area contributed by atoms with Crippen molar-refractivity contribution in [2.24, 2.45) is 7.05 Å². The van der Waals surface area contributed by atoms with Crippen LogP contribution in [0.15, 0.2) is 36.5 Å². The quantitative estimate of drug-likeness (QED) is 0.652. The minimum Gasteiger partial charge on any atom is -0.350 e. The van der Waals surface area contributed by atoms with Crippen LogP contribution >= 0.6 is 11.3 Å². The molecule has 3 aromatic rings. The predicted octanol–water partition coefficient (Wildman–Crippen LogP) is 3.96. The molecule has 0 spiro atoms. The average Bonchev–Trinajstić information content (AvgIpc) is 3.11.